The second-order valence-electron chi connectivity index (χ2n) is 6.25. The molecule has 0 radical (unpaired) electrons. The molecular weight excluding hydrogens is 324 g/mol. The third-order valence-electron chi connectivity index (χ3n) is 3.86. The van der Waals surface area contributed by atoms with Gasteiger partial charge in [-0.05, 0) is 26.0 Å². The lowest BCUT2D eigenvalue weighted by molar-refractivity contribution is -0.0750. The van der Waals surface area contributed by atoms with Crippen molar-refractivity contribution >= 4 is 11.8 Å². The molecule has 7 heteroatoms. The van der Waals surface area contributed by atoms with Crippen LogP contribution in [0.4, 0.5) is 0 Å². The molecule has 6 nitrogen and oxygen atoms in total. The van der Waals surface area contributed by atoms with E-state index in [0.29, 0.717) is 17.5 Å². The van der Waals surface area contributed by atoms with E-state index in [9.17, 15) is 5.11 Å². The van der Waals surface area contributed by atoms with Crippen LogP contribution in [0.5, 0.6) is 0 Å². The summed E-state index contributed by atoms with van der Waals surface area (Å²) in [7, 11) is 0. The summed E-state index contributed by atoms with van der Waals surface area (Å²) < 4.78 is 7.47. The number of ether oxygens (including phenoxy) is 1. The number of thioether (sulfide) groups is 1. The van der Waals surface area contributed by atoms with Gasteiger partial charge in [0.15, 0.2) is 0 Å². The maximum Gasteiger partial charge on any atom is 0.208 e. The first-order chi connectivity index (χ1) is 11.6. The van der Waals surface area contributed by atoms with Gasteiger partial charge >= 0.3 is 0 Å². The van der Waals surface area contributed by atoms with Crippen LogP contribution in [-0.2, 0) is 4.74 Å². The van der Waals surface area contributed by atoms with Gasteiger partial charge in [-0.1, -0.05) is 30.0 Å². The predicted molar refractivity (Wildman–Crippen MR) is 94.5 cm³/mol. The SMILES string of the molecule is C[C@@H]1CN(C[C@@H](O)CSc2ncn(-c3ccccc3)n2)C[C@@H](C)O1. The minimum atomic E-state index is -0.406. The lowest BCUT2D eigenvalue weighted by Crippen LogP contribution is -2.48. The topological polar surface area (TPSA) is 63.4 Å². The number of morpholine rings is 1. The molecule has 1 aromatic heterocycles. The maximum atomic E-state index is 10.3. The second-order valence-corrected chi connectivity index (χ2v) is 7.24. The molecule has 1 N–H and O–H groups in total. The van der Waals surface area contributed by atoms with E-state index in [2.05, 4.69) is 28.8 Å². The van der Waals surface area contributed by atoms with Crippen LogP contribution in [0.15, 0.2) is 41.8 Å². The van der Waals surface area contributed by atoms with Crippen LogP contribution < -0.4 is 0 Å². The van der Waals surface area contributed by atoms with Crippen molar-refractivity contribution in [3.8, 4) is 5.69 Å². The first-order valence-electron chi connectivity index (χ1n) is 8.26. The van der Waals surface area contributed by atoms with Crippen LogP contribution in [0.1, 0.15) is 13.8 Å². The molecule has 1 fully saturated rings. The number of aromatic nitrogens is 3. The summed E-state index contributed by atoms with van der Waals surface area (Å²) >= 11 is 1.48. The van der Waals surface area contributed by atoms with Crippen LogP contribution in [-0.4, -0.2) is 68.5 Å². The third kappa shape index (κ3) is 4.80. The van der Waals surface area contributed by atoms with Crippen LogP contribution in [0.3, 0.4) is 0 Å². The fourth-order valence-corrected chi connectivity index (χ4v) is 3.69. The molecule has 0 aliphatic carbocycles. The van der Waals surface area contributed by atoms with Crippen LogP contribution >= 0.6 is 11.8 Å². The molecule has 0 amide bonds. The molecule has 1 aromatic carbocycles. The fraction of sp³-hybridized carbons (Fsp3) is 0.529. The first-order valence-corrected chi connectivity index (χ1v) is 9.24. The predicted octanol–water partition coefficient (Wildman–Crippen LogP) is 1.83. The van der Waals surface area contributed by atoms with Crippen LogP contribution in [0.25, 0.3) is 5.69 Å². The van der Waals surface area contributed by atoms with Gasteiger partial charge in [-0.25, -0.2) is 9.67 Å². The standard InChI is InChI=1S/C17H24N4O2S/c1-13-8-20(9-14(2)23-13)10-16(22)11-24-17-18-12-21(19-17)15-6-4-3-5-7-15/h3-7,12-14,16,22H,8-11H2,1-2H3/t13-,14-,16-/m1/s1. The number of benzene rings is 1. The summed E-state index contributed by atoms with van der Waals surface area (Å²) in [5.41, 5.74) is 0.980. The molecule has 1 aliphatic rings. The number of β-amino-alcohol motifs (C(OH)–C–C–N with tert-alkyl or cyclic N) is 1. The van der Waals surface area contributed by atoms with Crippen molar-refractivity contribution in [3.05, 3.63) is 36.7 Å². The summed E-state index contributed by atoms with van der Waals surface area (Å²) in [4.78, 5) is 6.57. The van der Waals surface area contributed by atoms with E-state index < -0.39 is 6.10 Å². The highest BCUT2D eigenvalue weighted by molar-refractivity contribution is 7.99. The molecule has 130 valence electrons. The molecule has 0 spiro atoms. The number of hydrogen-bond acceptors (Lipinski definition) is 6. The van der Waals surface area contributed by atoms with E-state index in [1.54, 1.807) is 11.0 Å². The molecule has 0 bridgehead atoms. The maximum absolute atomic E-state index is 10.3. The van der Waals surface area contributed by atoms with Crippen molar-refractivity contribution in [1.29, 1.82) is 0 Å². The van der Waals surface area contributed by atoms with E-state index in [0.717, 1.165) is 18.8 Å². The minimum Gasteiger partial charge on any atom is -0.391 e. The number of nitrogens with zero attached hydrogens (tertiary/aromatic N) is 4. The average molecular weight is 348 g/mol. The van der Waals surface area contributed by atoms with Crippen molar-refractivity contribution in [2.45, 2.75) is 37.3 Å². The highest BCUT2D eigenvalue weighted by atomic mass is 32.2. The van der Waals surface area contributed by atoms with Gasteiger partial charge in [-0.2, -0.15) is 0 Å². The minimum absolute atomic E-state index is 0.219. The lowest BCUT2D eigenvalue weighted by atomic mass is 10.2. The Kier molecular flexibility index (Phi) is 5.89. The van der Waals surface area contributed by atoms with Gasteiger partial charge < -0.3 is 9.84 Å². The molecule has 1 aliphatic heterocycles. The number of hydrogen-bond donors (Lipinski definition) is 1. The lowest BCUT2D eigenvalue weighted by Gasteiger charge is -2.36. The van der Waals surface area contributed by atoms with Crippen molar-refractivity contribution in [2.75, 3.05) is 25.4 Å². The molecule has 0 saturated carbocycles. The summed E-state index contributed by atoms with van der Waals surface area (Å²) in [6.07, 6.45) is 1.74. The smallest absolute Gasteiger partial charge is 0.208 e. The molecule has 3 rings (SSSR count). The van der Waals surface area contributed by atoms with Crippen molar-refractivity contribution in [1.82, 2.24) is 19.7 Å². The number of aliphatic hydroxyl groups excluding tert-OH is 1. The van der Waals surface area contributed by atoms with Gasteiger partial charge in [-0.3, -0.25) is 4.90 Å². The van der Waals surface area contributed by atoms with Crippen LogP contribution in [0.2, 0.25) is 0 Å². The molecule has 0 unspecified atom stereocenters. The van der Waals surface area contributed by atoms with E-state index in [1.165, 1.54) is 11.8 Å². The monoisotopic (exact) mass is 348 g/mol. The average Bonchev–Trinajstić information content (AvgIpc) is 3.02. The molecule has 1 saturated heterocycles. The normalized spacial score (nSPS) is 23.3. The van der Waals surface area contributed by atoms with Gasteiger partial charge in [-0.15, -0.1) is 5.10 Å². The molecule has 24 heavy (non-hydrogen) atoms. The van der Waals surface area contributed by atoms with Gasteiger partial charge in [0.1, 0.15) is 6.33 Å². The molecule has 2 heterocycles. The Morgan fingerprint density at radius 1 is 1.25 bits per heavy atom. The summed E-state index contributed by atoms with van der Waals surface area (Å²) in [5, 5.41) is 15.4. The van der Waals surface area contributed by atoms with Gasteiger partial charge in [0, 0.05) is 25.4 Å². The zero-order valence-electron chi connectivity index (χ0n) is 14.1. The quantitative estimate of drug-likeness (QED) is 0.804. The summed E-state index contributed by atoms with van der Waals surface area (Å²) in [6, 6.07) is 9.88. The van der Waals surface area contributed by atoms with Gasteiger partial charge in [0.2, 0.25) is 5.16 Å². The number of aliphatic hydroxyl groups is 1. The van der Waals surface area contributed by atoms with E-state index in [1.807, 2.05) is 30.3 Å². The highest BCUT2D eigenvalue weighted by Gasteiger charge is 2.23. The van der Waals surface area contributed by atoms with Crippen molar-refractivity contribution in [3.63, 3.8) is 0 Å². The Morgan fingerprint density at radius 3 is 2.67 bits per heavy atom. The molecule has 2 aromatic rings. The van der Waals surface area contributed by atoms with Gasteiger partial charge in [0.25, 0.3) is 0 Å². The van der Waals surface area contributed by atoms with E-state index in [4.69, 9.17) is 4.74 Å². The first kappa shape index (κ1) is 17.4. The Hall–Kier alpha value is -1.41. The Morgan fingerprint density at radius 2 is 1.96 bits per heavy atom. The summed E-state index contributed by atoms with van der Waals surface area (Å²) in [6.45, 7) is 6.54. The fourth-order valence-electron chi connectivity index (χ4n) is 2.97. The van der Waals surface area contributed by atoms with Crippen molar-refractivity contribution in [2.24, 2.45) is 0 Å². The van der Waals surface area contributed by atoms with Gasteiger partial charge in [0.05, 0.1) is 24.0 Å². The number of rotatable bonds is 6. The zero-order chi connectivity index (χ0) is 16.9. The Labute approximate surface area is 146 Å². The summed E-state index contributed by atoms with van der Waals surface area (Å²) in [5.74, 6) is 0.582. The van der Waals surface area contributed by atoms with E-state index in [-0.39, 0.29) is 12.2 Å². The van der Waals surface area contributed by atoms with Crippen molar-refractivity contribution < 1.29 is 9.84 Å². The zero-order valence-corrected chi connectivity index (χ0v) is 14.9. The third-order valence-corrected chi connectivity index (χ3v) is 4.86. The molecular formula is C17H24N4O2S. The highest BCUT2D eigenvalue weighted by Crippen LogP contribution is 2.17. The Balaban J connectivity index is 1.48. The largest absolute Gasteiger partial charge is 0.391 e. The number of para-hydroxylation sites is 1. The Bertz CT molecular complexity index is 627. The second kappa shape index (κ2) is 8.11. The van der Waals surface area contributed by atoms with E-state index >= 15 is 0 Å². The van der Waals surface area contributed by atoms with Crippen LogP contribution in [0, 0.1) is 0 Å². The molecule has 3 atom stereocenters.